The molecule has 0 saturated heterocycles. The minimum atomic E-state index is -0.592. The van der Waals surface area contributed by atoms with Gasteiger partial charge in [-0.2, -0.15) is 0 Å². The van der Waals surface area contributed by atoms with E-state index in [-0.39, 0.29) is 17.1 Å². The highest BCUT2D eigenvalue weighted by Gasteiger charge is 2.23. The van der Waals surface area contributed by atoms with Gasteiger partial charge >= 0.3 is 0 Å². The maximum atomic E-state index is 13.4. The summed E-state index contributed by atoms with van der Waals surface area (Å²) in [5.41, 5.74) is 2.19. The number of carbonyl (C=O) groups is 1. The van der Waals surface area contributed by atoms with E-state index in [1.54, 1.807) is 12.1 Å². The molecule has 0 aliphatic carbocycles. The number of hydrogen-bond acceptors (Lipinski definition) is 4. The molecule has 0 N–H and O–H groups in total. The van der Waals surface area contributed by atoms with Crippen molar-refractivity contribution in [2.45, 2.75) is 6.42 Å². The standard InChI is InChI=1S/C15H11FN2O3/c16-12-2-1-10-5-6-17(15(10)8-12)13-3-4-14(18(20)21)11(7-13)9-19/h1-4,7-9H,5-6H2. The molecule has 21 heavy (non-hydrogen) atoms. The fourth-order valence-electron chi connectivity index (χ4n) is 2.59. The van der Waals surface area contributed by atoms with Crippen LogP contribution in [0.3, 0.4) is 0 Å². The van der Waals surface area contributed by atoms with Gasteiger partial charge in [-0.05, 0) is 36.2 Å². The van der Waals surface area contributed by atoms with Gasteiger partial charge < -0.3 is 4.90 Å². The summed E-state index contributed by atoms with van der Waals surface area (Å²) in [5.74, 6) is -0.335. The minimum absolute atomic E-state index is 0.0161. The van der Waals surface area contributed by atoms with E-state index in [0.717, 1.165) is 17.7 Å². The van der Waals surface area contributed by atoms with Crippen molar-refractivity contribution in [3.8, 4) is 0 Å². The molecule has 0 amide bonds. The van der Waals surface area contributed by atoms with Crippen LogP contribution in [0.2, 0.25) is 0 Å². The highest BCUT2D eigenvalue weighted by Crippen LogP contribution is 2.36. The van der Waals surface area contributed by atoms with Gasteiger partial charge in [-0.3, -0.25) is 14.9 Å². The van der Waals surface area contributed by atoms with Crippen LogP contribution in [-0.4, -0.2) is 17.8 Å². The van der Waals surface area contributed by atoms with Gasteiger partial charge in [0.15, 0.2) is 6.29 Å². The summed E-state index contributed by atoms with van der Waals surface area (Å²) in [7, 11) is 0. The summed E-state index contributed by atoms with van der Waals surface area (Å²) in [6, 6.07) is 8.92. The molecule has 2 aromatic rings. The van der Waals surface area contributed by atoms with Gasteiger partial charge in [-0.1, -0.05) is 6.07 Å². The van der Waals surface area contributed by atoms with E-state index in [9.17, 15) is 19.3 Å². The van der Waals surface area contributed by atoms with Crippen LogP contribution in [0.15, 0.2) is 36.4 Å². The number of halogens is 1. The number of hydrogen-bond donors (Lipinski definition) is 0. The van der Waals surface area contributed by atoms with E-state index in [2.05, 4.69) is 0 Å². The Kier molecular flexibility index (Phi) is 3.13. The van der Waals surface area contributed by atoms with Crippen molar-refractivity contribution >= 4 is 23.3 Å². The Balaban J connectivity index is 2.05. The zero-order valence-corrected chi connectivity index (χ0v) is 11.0. The first kappa shape index (κ1) is 13.2. The Labute approximate surface area is 119 Å². The van der Waals surface area contributed by atoms with Gasteiger partial charge in [0.05, 0.1) is 10.5 Å². The largest absolute Gasteiger partial charge is 0.341 e. The number of benzene rings is 2. The Morgan fingerprint density at radius 3 is 2.76 bits per heavy atom. The predicted octanol–water partition coefficient (Wildman–Crippen LogP) is 3.24. The molecule has 0 fully saturated rings. The summed E-state index contributed by atoms with van der Waals surface area (Å²) < 4.78 is 13.4. The van der Waals surface area contributed by atoms with Gasteiger partial charge in [0.25, 0.3) is 5.69 Å². The molecule has 6 heteroatoms. The number of rotatable bonds is 3. The molecule has 5 nitrogen and oxygen atoms in total. The summed E-state index contributed by atoms with van der Waals surface area (Å²) in [5, 5.41) is 10.8. The molecule has 106 valence electrons. The third kappa shape index (κ3) is 2.24. The van der Waals surface area contributed by atoms with E-state index >= 15 is 0 Å². The molecule has 3 rings (SSSR count). The van der Waals surface area contributed by atoms with Gasteiger partial charge in [-0.15, -0.1) is 0 Å². The van der Waals surface area contributed by atoms with Gasteiger partial charge in [0.2, 0.25) is 0 Å². The van der Waals surface area contributed by atoms with Gasteiger partial charge in [0.1, 0.15) is 5.82 Å². The fraction of sp³-hybridized carbons (Fsp3) is 0.133. The van der Waals surface area contributed by atoms with Gasteiger partial charge in [-0.25, -0.2) is 4.39 Å². The Hall–Kier alpha value is -2.76. The van der Waals surface area contributed by atoms with Crippen LogP contribution >= 0.6 is 0 Å². The van der Waals surface area contributed by atoms with E-state index in [1.807, 2.05) is 4.90 Å². The maximum absolute atomic E-state index is 13.4. The van der Waals surface area contributed by atoms with Crippen LogP contribution in [0, 0.1) is 15.9 Å². The van der Waals surface area contributed by atoms with Crippen LogP contribution in [0.5, 0.6) is 0 Å². The van der Waals surface area contributed by atoms with E-state index in [1.165, 1.54) is 24.3 Å². The lowest BCUT2D eigenvalue weighted by Gasteiger charge is -2.19. The molecule has 1 aliphatic heterocycles. The molecule has 0 saturated carbocycles. The molecule has 0 bridgehead atoms. The quantitative estimate of drug-likeness (QED) is 0.493. The number of aldehydes is 1. The first-order valence-electron chi connectivity index (χ1n) is 6.40. The second kappa shape index (κ2) is 4.97. The Bertz CT molecular complexity index is 746. The second-order valence-electron chi connectivity index (χ2n) is 4.79. The minimum Gasteiger partial charge on any atom is -0.341 e. The summed E-state index contributed by atoms with van der Waals surface area (Å²) in [6.07, 6.45) is 1.23. The molecular weight excluding hydrogens is 275 g/mol. The molecule has 2 aromatic carbocycles. The molecular formula is C15H11FN2O3. The molecule has 0 atom stereocenters. The van der Waals surface area contributed by atoms with Crippen LogP contribution in [0.25, 0.3) is 0 Å². The molecule has 0 spiro atoms. The summed E-state index contributed by atoms with van der Waals surface area (Å²) >= 11 is 0. The number of nitro benzene ring substituents is 1. The van der Waals surface area contributed by atoms with E-state index in [4.69, 9.17) is 0 Å². The first-order chi connectivity index (χ1) is 10.1. The smallest absolute Gasteiger partial charge is 0.280 e. The van der Waals surface area contributed by atoms with Crippen molar-refractivity contribution < 1.29 is 14.1 Å². The van der Waals surface area contributed by atoms with Crippen LogP contribution in [0.4, 0.5) is 21.5 Å². The van der Waals surface area contributed by atoms with Crippen molar-refractivity contribution in [1.82, 2.24) is 0 Å². The van der Waals surface area contributed by atoms with Crippen LogP contribution in [-0.2, 0) is 6.42 Å². The summed E-state index contributed by atoms with van der Waals surface area (Å²) in [4.78, 5) is 23.1. The van der Waals surface area contributed by atoms with E-state index < -0.39 is 4.92 Å². The van der Waals surface area contributed by atoms with Crippen molar-refractivity contribution in [3.63, 3.8) is 0 Å². The monoisotopic (exact) mass is 286 g/mol. The maximum Gasteiger partial charge on any atom is 0.280 e. The topological polar surface area (TPSA) is 63.5 Å². The summed E-state index contributed by atoms with van der Waals surface area (Å²) in [6.45, 7) is 0.648. The average Bonchev–Trinajstić information content (AvgIpc) is 2.89. The third-order valence-electron chi connectivity index (χ3n) is 3.59. The SMILES string of the molecule is O=Cc1cc(N2CCc3ccc(F)cc32)ccc1[N+](=O)[O-]. The lowest BCUT2D eigenvalue weighted by atomic mass is 10.1. The Morgan fingerprint density at radius 1 is 1.24 bits per heavy atom. The average molecular weight is 286 g/mol. The molecule has 0 aromatic heterocycles. The lowest BCUT2D eigenvalue weighted by molar-refractivity contribution is -0.385. The van der Waals surface area contributed by atoms with Crippen molar-refractivity contribution in [2.24, 2.45) is 0 Å². The normalized spacial score (nSPS) is 13.1. The fourth-order valence-corrected chi connectivity index (χ4v) is 2.59. The number of nitro groups is 1. The Morgan fingerprint density at radius 2 is 2.05 bits per heavy atom. The lowest BCUT2D eigenvalue weighted by Crippen LogP contribution is -2.13. The highest BCUT2D eigenvalue weighted by molar-refractivity contribution is 5.85. The van der Waals surface area contributed by atoms with Crippen molar-refractivity contribution in [1.29, 1.82) is 0 Å². The molecule has 0 unspecified atom stereocenters. The molecule has 1 aliphatic rings. The zero-order chi connectivity index (χ0) is 15.0. The predicted molar refractivity (Wildman–Crippen MR) is 75.6 cm³/mol. The number of carbonyl (C=O) groups excluding carboxylic acids is 1. The number of nitrogens with zero attached hydrogens (tertiary/aromatic N) is 2. The zero-order valence-electron chi connectivity index (χ0n) is 11.0. The highest BCUT2D eigenvalue weighted by atomic mass is 19.1. The van der Waals surface area contributed by atoms with Gasteiger partial charge in [0, 0.05) is 24.0 Å². The van der Waals surface area contributed by atoms with Crippen LogP contribution < -0.4 is 4.90 Å². The van der Waals surface area contributed by atoms with Crippen molar-refractivity contribution in [3.05, 3.63) is 63.5 Å². The molecule has 0 radical (unpaired) electrons. The number of anilines is 2. The molecule has 1 heterocycles. The van der Waals surface area contributed by atoms with Crippen molar-refractivity contribution in [2.75, 3.05) is 11.4 Å². The first-order valence-corrected chi connectivity index (χ1v) is 6.40. The third-order valence-corrected chi connectivity index (χ3v) is 3.59. The number of fused-ring (bicyclic) bond motifs is 1. The van der Waals surface area contributed by atoms with E-state index in [0.29, 0.717) is 18.5 Å². The second-order valence-corrected chi connectivity index (χ2v) is 4.79. The van der Waals surface area contributed by atoms with Crippen LogP contribution in [0.1, 0.15) is 15.9 Å².